The molecule has 0 aromatic heterocycles. The largest absolute Gasteiger partial charge is 0.445 e. The summed E-state index contributed by atoms with van der Waals surface area (Å²) in [4.78, 5) is 12.3. The minimum Gasteiger partial charge on any atom is -0.445 e. The highest BCUT2D eigenvalue weighted by Crippen LogP contribution is 2.17. The minimum atomic E-state index is -0.933. The molecule has 2 rings (SSSR count). The highest BCUT2D eigenvalue weighted by Gasteiger charge is 2.19. The lowest BCUT2D eigenvalue weighted by Crippen LogP contribution is -2.37. The fourth-order valence-electron chi connectivity index (χ4n) is 3.27. The number of benzene rings is 2. The zero-order chi connectivity index (χ0) is 23.0. The fraction of sp³-hybridized carbons (Fsp3) is 0.458. The molecule has 2 aromatic carbocycles. The standard InChI is InChI=1S/C24H32NO6P/c1-19(14-15-31-32-28)16-22(25-24(27)30-18-21-10-6-3-7-11-21)12-13-23(26)29-17-20-8-4-2-5-9-20/h2-11,19,22-23,26H,12-18H2,1H3,(H,25,27). The first kappa shape index (κ1) is 25.9. The van der Waals surface area contributed by atoms with Gasteiger partial charge in [-0.2, -0.15) is 0 Å². The quantitative estimate of drug-likeness (QED) is 0.214. The Labute approximate surface area is 191 Å². The summed E-state index contributed by atoms with van der Waals surface area (Å²) in [5.41, 5.74) is 1.89. The molecule has 1 amide bonds. The van der Waals surface area contributed by atoms with Crippen molar-refractivity contribution in [2.75, 3.05) is 6.61 Å². The molecule has 0 fully saturated rings. The van der Waals surface area contributed by atoms with Crippen molar-refractivity contribution in [3.05, 3.63) is 71.8 Å². The Morgan fingerprint density at radius 2 is 1.59 bits per heavy atom. The number of alkyl carbamates (subject to hydrolysis) is 1. The highest BCUT2D eigenvalue weighted by molar-refractivity contribution is 7.17. The van der Waals surface area contributed by atoms with E-state index in [1.54, 1.807) is 0 Å². The van der Waals surface area contributed by atoms with Gasteiger partial charge in [-0.25, -0.2) is 9.36 Å². The molecule has 0 aliphatic heterocycles. The molecule has 3 unspecified atom stereocenters. The molecule has 0 radical (unpaired) electrons. The Morgan fingerprint density at radius 1 is 0.969 bits per heavy atom. The molecular weight excluding hydrogens is 429 g/mol. The van der Waals surface area contributed by atoms with Crippen LogP contribution < -0.4 is 5.32 Å². The van der Waals surface area contributed by atoms with E-state index in [1.807, 2.05) is 67.6 Å². The van der Waals surface area contributed by atoms with Gasteiger partial charge in [0.2, 0.25) is 0 Å². The summed E-state index contributed by atoms with van der Waals surface area (Å²) in [5, 5.41) is 13.1. The van der Waals surface area contributed by atoms with Gasteiger partial charge in [-0.15, -0.1) is 0 Å². The van der Waals surface area contributed by atoms with Gasteiger partial charge in [-0.05, 0) is 36.3 Å². The van der Waals surface area contributed by atoms with E-state index in [9.17, 15) is 14.5 Å². The third-order valence-electron chi connectivity index (χ3n) is 5.02. The normalized spacial score (nSPS) is 13.9. The number of hydrogen-bond acceptors (Lipinski definition) is 6. The minimum absolute atomic E-state index is 0.189. The van der Waals surface area contributed by atoms with Crippen LogP contribution in [-0.4, -0.2) is 30.1 Å². The Bertz CT molecular complexity index is 777. The fourth-order valence-corrected chi connectivity index (χ4v) is 3.45. The van der Waals surface area contributed by atoms with Gasteiger partial charge in [0.25, 0.3) is 0 Å². The van der Waals surface area contributed by atoms with Crippen molar-refractivity contribution >= 4 is 14.8 Å². The predicted molar refractivity (Wildman–Crippen MR) is 122 cm³/mol. The molecule has 32 heavy (non-hydrogen) atoms. The van der Waals surface area contributed by atoms with Crippen molar-refractivity contribution in [1.29, 1.82) is 0 Å². The van der Waals surface area contributed by atoms with Gasteiger partial charge in [0.15, 0.2) is 6.29 Å². The summed E-state index contributed by atoms with van der Waals surface area (Å²) in [6.45, 7) is 2.92. The van der Waals surface area contributed by atoms with Crippen molar-refractivity contribution < 1.29 is 28.5 Å². The van der Waals surface area contributed by atoms with Crippen LogP contribution in [0.3, 0.4) is 0 Å². The first-order chi connectivity index (χ1) is 15.6. The maximum absolute atomic E-state index is 12.3. The number of carbonyl (C=O) groups excluding carboxylic acids is 1. The van der Waals surface area contributed by atoms with Crippen LogP contribution >= 0.6 is 8.69 Å². The Morgan fingerprint density at radius 3 is 2.22 bits per heavy atom. The zero-order valence-corrected chi connectivity index (χ0v) is 19.3. The van der Waals surface area contributed by atoms with Crippen LogP contribution in [0.25, 0.3) is 0 Å². The second-order valence-corrected chi connectivity index (χ2v) is 8.18. The van der Waals surface area contributed by atoms with E-state index < -0.39 is 12.4 Å². The maximum atomic E-state index is 12.3. The number of hydrogen-bond donors (Lipinski definition) is 2. The summed E-state index contributed by atoms with van der Waals surface area (Å²) in [6.07, 6.45) is 0.850. The van der Waals surface area contributed by atoms with Crippen LogP contribution in [0.15, 0.2) is 60.7 Å². The summed E-state index contributed by atoms with van der Waals surface area (Å²) in [7, 11) is -0.332. The predicted octanol–water partition coefficient (Wildman–Crippen LogP) is 5.24. The first-order valence-corrected chi connectivity index (χ1v) is 11.5. The topological polar surface area (TPSA) is 94.1 Å². The molecule has 0 heterocycles. The third kappa shape index (κ3) is 11.3. The Hall–Kier alpha value is -2.31. The number of amides is 1. The van der Waals surface area contributed by atoms with Crippen molar-refractivity contribution in [3.63, 3.8) is 0 Å². The molecule has 0 aliphatic rings. The average molecular weight is 461 g/mol. The molecule has 0 bridgehead atoms. The third-order valence-corrected chi connectivity index (χ3v) is 5.31. The van der Waals surface area contributed by atoms with Crippen LogP contribution in [0.5, 0.6) is 0 Å². The van der Waals surface area contributed by atoms with Gasteiger partial charge < -0.3 is 19.9 Å². The summed E-state index contributed by atoms with van der Waals surface area (Å²) < 4.78 is 26.2. The maximum Gasteiger partial charge on any atom is 0.407 e. The van der Waals surface area contributed by atoms with E-state index in [0.29, 0.717) is 38.9 Å². The summed E-state index contributed by atoms with van der Waals surface area (Å²) in [6, 6.07) is 18.9. The second-order valence-electron chi connectivity index (χ2n) is 7.77. The molecule has 3 atom stereocenters. The van der Waals surface area contributed by atoms with Crippen LogP contribution in [0.2, 0.25) is 0 Å². The van der Waals surface area contributed by atoms with E-state index in [2.05, 4.69) is 5.32 Å². The van der Waals surface area contributed by atoms with E-state index in [0.717, 1.165) is 11.1 Å². The first-order valence-electron chi connectivity index (χ1n) is 10.8. The smallest absolute Gasteiger partial charge is 0.407 e. The van der Waals surface area contributed by atoms with E-state index >= 15 is 0 Å². The molecule has 2 N–H and O–H groups in total. The molecular formula is C24H32NO6P. The molecule has 8 heteroatoms. The Balaban J connectivity index is 1.81. The van der Waals surface area contributed by atoms with Crippen LogP contribution in [0.4, 0.5) is 4.79 Å². The lowest BCUT2D eigenvalue weighted by atomic mass is 9.96. The van der Waals surface area contributed by atoms with Crippen molar-refractivity contribution in [1.82, 2.24) is 5.32 Å². The molecule has 0 aliphatic carbocycles. The molecule has 0 saturated heterocycles. The van der Waals surface area contributed by atoms with E-state index in [1.165, 1.54) is 0 Å². The van der Waals surface area contributed by atoms with Crippen LogP contribution in [-0.2, 0) is 31.8 Å². The number of aliphatic hydroxyl groups excluding tert-OH is 1. The SMILES string of the molecule is CC(CCOP=O)CC(CCC(O)OCc1ccccc1)NC(=O)OCc1ccccc1. The molecule has 174 valence electrons. The molecule has 0 saturated carbocycles. The average Bonchev–Trinajstić information content (AvgIpc) is 2.81. The number of aliphatic hydroxyl groups is 1. The number of rotatable bonds is 15. The van der Waals surface area contributed by atoms with Crippen molar-refractivity contribution in [3.8, 4) is 0 Å². The van der Waals surface area contributed by atoms with Gasteiger partial charge in [-0.1, -0.05) is 67.6 Å². The van der Waals surface area contributed by atoms with Crippen LogP contribution in [0.1, 0.15) is 43.7 Å². The lowest BCUT2D eigenvalue weighted by Gasteiger charge is -2.23. The summed E-state index contributed by atoms with van der Waals surface area (Å²) >= 11 is 0. The van der Waals surface area contributed by atoms with E-state index in [4.69, 9.17) is 14.0 Å². The Kier molecular flexibility index (Phi) is 12.6. The van der Waals surface area contributed by atoms with Gasteiger partial charge >= 0.3 is 14.8 Å². The molecule has 0 spiro atoms. The number of ether oxygens (including phenoxy) is 2. The zero-order valence-electron chi connectivity index (χ0n) is 18.4. The van der Waals surface area contributed by atoms with Gasteiger partial charge in [0, 0.05) is 12.5 Å². The monoisotopic (exact) mass is 461 g/mol. The number of nitrogens with one attached hydrogen (secondary N) is 1. The van der Waals surface area contributed by atoms with Crippen molar-refractivity contribution in [2.24, 2.45) is 5.92 Å². The van der Waals surface area contributed by atoms with Crippen LogP contribution in [0, 0.1) is 5.92 Å². The molecule has 7 nitrogen and oxygen atoms in total. The highest BCUT2D eigenvalue weighted by atomic mass is 31.1. The van der Waals surface area contributed by atoms with Gasteiger partial charge in [-0.3, -0.25) is 4.52 Å². The molecule has 2 aromatic rings. The van der Waals surface area contributed by atoms with Gasteiger partial charge in [0.05, 0.1) is 13.2 Å². The van der Waals surface area contributed by atoms with E-state index in [-0.39, 0.29) is 27.3 Å². The second kappa shape index (κ2) is 15.5. The number of carbonyl (C=O) groups is 1. The van der Waals surface area contributed by atoms with Gasteiger partial charge in [0.1, 0.15) is 6.61 Å². The lowest BCUT2D eigenvalue weighted by molar-refractivity contribution is -0.113. The summed E-state index contributed by atoms with van der Waals surface area (Å²) in [5.74, 6) is 0.221. The van der Waals surface area contributed by atoms with Crippen molar-refractivity contribution in [2.45, 2.75) is 58.2 Å².